The van der Waals surface area contributed by atoms with E-state index in [0.717, 1.165) is 21.8 Å². The average Bonchev–Trinajstić information content (AvgIpc) is 3.27. The Labute approximate surface area is 255 Å². The van der Waals surface area contributed by atoms with Gasteiger partial charge in [0.05, 0.1) is 16.8 Å². The molecule has 1 aliphatic heterocycles. The van der Waals surface area contributed by atoms with Crippen LogP contribution in [0.15, 0.2) is 103 Å². The van der Waals surface area contributed by atoms with Crippen LogP contribution in [0.25, 0.3) is 0 Å². The van der Waals surface area contributed by atoms with Crippen molar-refractivity contribution in [2.75, 3.05) is 10.2 Å². The van der Waals surface area contributed by atoms with Crippen LogP contribution in [0.1, 0.15) is 53.3 Å². The standard InChI is InChI=1S/C37H30N2O5/c1-22-5-12-31(19-24(22)3)43-29-14-8-27(9-15-29)38-35(40)26-7-18-33-34(21-26)37(42)39(36(33)41)28-10-16-30(17-11-28)44-32-13-6-23(2)25(4)20-32/h5-21H,1-4H3,(H,38,40). The van der Waals surface area contributed by atoms with Crippen molar-refractivity contribution in [3.63, 3.8) is 0 Å². The molecule has 0 aliphatic carbocycles. The molecule has 0 saturated carbocycles. The number of carbonyl (C=O) groups is 3. The smallest absolute Gasteiger partial charge is 0.266 e. The first-order valence-electron chi connectivity index (χ1n) is 14.2. The van der Waals surface area contributed by atoms with Crippen LogP contribution in [0.3, 0.4) is 0 Å². The van der Waals surface area contributed by atoms with Gasteiger partial charge in [-0.1, -0.05) is 12.1 Å². The molecular weight excluding hydrogens is 552 g/mol. The summed E-state index contributed by atoms with van der Waals surface area (Å²) in [5, 5.41) is 2.84. The monoisotopic (exact) mass is 582 g/mol. The Kier molecular flexibility index (Phi) is 7.45. The van der Waals surface area contributed by atoms with Crippen molar-refractivity contribution >= 4 is 29.1 Å². The maximum absolute atomic E-state index is 13.3. The Hall–Kier alpha value is -5.69. The molecule has 5 aromatic carbocycles. The molecule has 1 heterocycles. The molecule has 7 heteroatoms. The highest BCUT2D eigenvalue weighted by Gasteiger charge is 2.37. The fraction of sp³-hybridized carbons (Fsp3) is 0.108. The van der Waals surface area contributed by atoms with Gasteiger partial charge in [0.25, 0.3) is 17.7 Å². The van der Waals surface area contributed by atoms with Crippen molar-refractivity contribution in [3.05, 3.63) is 142 Å². The number of aryl methyl sites for hydroxylation is 4. The van der Waals surface area contributed by atoms with E-state index in [1.165, 1.54) is 23.3 Å². The van der Waals surface area contributed by atoms with E-state index in [1.807, 2.05) is 64.1 Å². The summed E-state index contributed by atoms with van der Waals surface area (Å²) in [6, 6.07) is 30.0. The van der Waals surface area contributed by atoms with Gasteiger partial charge in [-0.3, -0.25) is 14.4 Å². The minimum atomic E-state index is -0.490. The van der Waals surface area contributed by atoms with Gasteiger partial charge in [0.1, 0.15) is 23.0 Å². The molecule has 5 aromatic rings. The lowest BCUT2D eigenvalue weighted by Gasteiger charge is -2.15. The molecule has 0 bridgehead atoms. The van der Waals surface area contributed by atoms with E-state index in [-0.39, 0.29) is 16.7 Å². The first kappa shape index (κ1) is 28.4. The number of fused-ring (bicyclic) bond motifs is 1. The number of hydrogen-bond acceptors (Lipinski definition) is 5. The Morgan fingerprint density at radius 3 is 1.59 bits per heavy atom. The minimum Gasteiger partial charge on any atom is -0.457 e. The molecule has 0 fully saturated rings. The predicted octanol–water partition coefficient (Wildman–Crippen LogP) is 8.56. The topological polar surface area (TPSA) is 84.9 Å². The van der Waals surface area contributed by atoms with Crippen LogP contribution >= 0.6 is 0 Å². The van der Waals surface area contributed by atoms with Crippen molar-refractivity contribution in [3.8, 4) is 23.0 Å². The van der Waals surface area contributed by atoms with Crippen LogP contribution in [-0.2, 0) is 0 Å². The number of anilines is 2. The number of imide groups is 1. The van der Waals surface area contributed by atoms with Gasteiger partial charge in [-0.05, 0) is 141 Å². The van der Waals surface area contributed by atoms with Gasteiger partial charge in [0.2, 0.25) is 0 Å². The fourth-order valence-corrected chi connectivity index (χ4v) is 4.92. The second kappa shape index (κ2) is 11.5. The highest BCUT2D eigenvalue weighted by Crippen LogP contribution is 2.32. The van der Waals surface area contributed by atoms with Crippen LogP contribution < -0.4 is 19.7 Å². The summed E-state index contributed by atoms with van der Waals surface area (Å²) in [6.07, 6.45) is 0. The number of hydrogen-bond donors (Lipinski definition) is 1. The van der Waals surface area contributed by atoms with Crippen LogP contribution in [0.4, 0.5) is 11.4 Å². The molecule has 1 aliphatic rings. The second-order valence-corrected chi connectivity index (χ2v) is 10.9. The lowest BCUT2D eigenvalue weighted by molar-refractivity contribution is 0.0925. The summed E-state index contributed by atoms with van der Waals surface area (Å²) >= 11 is 0. The maximum atomic E-state index is 13.3. The Bertz CT molecular complexity index is 1930. The van der Waals surface area contributed by atoms with E-state index in [0.29, 0.717) is 28.6 Å². The average molecular weight is 583 g/mol. The number of nitrogens with zero attached hydrogens (tertiary/aromatic N) is 1. The number of ether oxygens (including phenoxy) is 2. The maximum Gasteiger partial charge on any atom is 0.266 e. The van der Waals surface area contributed by atoms with E-state index in [4.69, 9.17) is 9.47 Å². The molecule has 218 valence electrons. The number of carbonyl (C=O) groups excluding carboxylic acids is 3. The van der Waals surface area contributed by atoms with E-state index >= 15 is 0 Å². The lowest BCUT2D eigenvalue weighted by atomic mass is 10.1. The van der Waals surface area contributed by atoms with Crippen molar-refractivity contribution in [2.45, 2.75) is 27.7 Å². The first-order chi connectivity index (χ1) is 21.2. The normalized spacial score (nSPS) is 12.2. The quantitative estimate of drug-likeness (QED) is 0.194. The molecule has 0 unspecified atom stereocenters. The van der Waals surface area contributed by atoms with E-state index < -0.39 is 17.7 Å². The van der Waals surface area contributed by atoms with Gasteiger partial charge in [-0.2, -0.15) is 0 Å². The van der Waals surface area contributed by atoms with Crippen LogP contribution in [0, 0.1) is 27.7 Å². The number of benzene rings is 5. The molecule has 7 nitrogen and oxygen atoms in total. The summed E-state index contributed by atoms with van der Waals surface area (Å²) < 4.78 is 11.9. The number of rotatable bonds is 7. The summed E-state index contributed by atoms with van der Waals surface area (Å²) in [5.74, 6) is 1.32. The molecular formula is C37H30N2O5. The van der Waals surface area contributed by atoms with Gasteiger partial charge >= 0.3 is 0 Å². The van der Waals surface area contributed by atoms with Gasteiger partial charge in [-0.25, -0.2) is 4.90 Å². The summed E-state index contributed by atoms with van der Waals surface area (Å²) in [7, 11) is 0. The van der Waals surface area contributed by atoms with Gasteiger partial charge < -0.3 is 14.8 Å². The second-order valence-electron chi connectivity index (χ2n) is 10.9. The SMILES string of the molecule is Cc1ccc(Oc2ccc(NC(=O)c3ccc4c(c3)C(=O)N(c3ccc(Oc5ccc(C)c(C)c5)cc3)C4=O)cc2)cc1C. The van der Waals surface area contributed by atoms with Crippen LogP contribution in [0.2, 0.25) is 0 Å². The number of nitrogens with one attached hydrogen (secondary N) is 1. The van der Waals surface area contributed by atoms with E-state index in [2.05, 4.69) is 5.32 Å². The summed E-state index contributed by atoms with van der Waals surface area (Å²) in [5.41, 5.74) is 6.29. The highest BCUT2D eigenvalue weighted by atomic mass is 16.5. The third-order valence-electron chi connectivity index (χ3n) is 7.78. The molecule has 0 aromatic heterocycles. The summed E-state index contributed by atoms with van der Waals surface area (Å²) in [6.45, 7) is 8.13. The van der Waals surface area contributed by atoms with Gasteiger partial charge in [0, 0.05) is 11.3 Å². The third kappa shape index (κ3) is 5.68. The molecule has 0 saturated heterocycles. The van der Waals surface area contributed by atoms with Crippen molar-refractivity contribution < 1.29 is 23.9 Å². The molecule has 3 amide bonds. The lowest BCUT2D eigenvalue weighted by Crippen LogP contribution is -2.29. The Morgan fingerprint density at radius 1 is 0.545 bits per heavy atom. The first-order valence-corrected chi connectivity index (χ1v) is 14.2. The predicted molar refractivity (Wildman–Crippen MR) is 170 cm³/mol. The largest absolute Gasteiger partial charge is 0.457 e. The van der Waals surface area contributed by atoms with Crippen molar-refractivity contribution in [1.82, 2.24) is 0 Å². The van der Waals surface area contributed by atoms with Crippen molar-refractivity contribution in [1.29, 1.82) is 0 Å². The molecule has 44 heavy (non-hydrogen) atoms. The molecule has 0 atom stereocenters. The van der Waals surface area contributed by atoms with E-state index in [1.54, 1.807) is 54.6 Å². The molecule has 0 spiro atoms. The zero-order valence-electron chi connectivity index (χ0n) is 24.8. The fourth-order valence-electron chi connectivity index (χ4n) is 4.92. The van der Waals surface area contributed by atoms with E-state index in [9.17, 15) is 14.4 Å². The number of amides is 3. The highest BCUT2D eigenvalue weighted by molar-refractivity contribution is 6.34. The Balaban J connectivity index is 1.12. The van der Waals surface area contributed by atoms with Crippen LogP contribution in [0.5, 0.6) is 23.0 Å². The molecule has 1 N–H and O–H groups in total. The third-order valence-corrected chi connectivity index (χ3v) is 7.78. The van der Waals surface area contributed by atoms with Crippen LogP contribution in [-0.4, -0.2) is 17.7 Å². The minimum absolute atomic E-state index is 0.176. The summed E-state index contributed by atoms with van der Waals surface area (Å²) in [4.78, 5) is 40.7. The molecule has 6 rings (SSSR count). The zero-order valence-corrected chi connectivity index (χ0v) is 24.8. The van der Waals surface area contributed by atoms with Gasteiger partial charge in [-0.15, -0.1) is 0 Å². The van der Waals surface area contributed by atoms with Gasteiger partial charge in [0.15, 0.2) is 0 Å². The van der Waals surface area contributed by atoms with Crippen molar-refractivity contribution in [2.24, 2.45) is 0 Å². The zero-order chi connectivity index (χ0) is 31.0. The Morgan fingerprint density at radius 2 is 1.05 bits per heavy atom. The molecule has 0 radical (unpaired) electrons.